The maximum Gasteiger partial charge on any atom is 0.478 e. The molecule has 2 aliphatic rings. The van der Waals surface area contributed by atoms with Crippen LogP contribution in [-0.2, 0) is 38.5 Å². The van der Waals surface area contributed by atoms with E-state index in [1.165, 1.54) is 61.0 Å². The van der Waals surface area contributed by atoms with Gasteiger partial charge in [-0.3, -0.25) is 32.5 Å². The largest absolute Gasteiger partial charge is 0.756 e. The molecule has 0 aliphatic carbocycles. The molecule has 10 atom stereocenters. The van der Waals surface area contributed by atoms with Gasteiger partial charge in [0.1, 0.15) is 42.0 Å². The van der Waals surface area contributed by atoms with Crippen LogP contribution in [0.15, 0.2) is 104 Å². The van der Waals surface area contributed by atoms with E-state index in [2.05, 4.69) is 29.9 Å². The maximum absolute atomic E-state index is 13.6. The number of fused-ring (bicyclic) bond motifs is 2. The number of anilines is 1. The molecular weight excluding hydrogens is 882 g/mol. The van der Waals surface area contributed by atoms with Crippen molar-refractivity contribution >= 4 is 55.2 Å². The Balaban J connectivity index is 0.985. The first-order chi connectivity index (χ1) is 30.6. The fraction of sp³-hybridized carbons (Fsp3) is 0.282. The fourth-order valence-electron chi connectivity index (χ4n) is 7.29. The average molecular weight is 923 g/mol. The van der Waals surface area contributed by atoms with E-state index in [4.69, 9.17) is 29.0 Å². The first-order valence-corrected chi connectivity index (χ1v) is 22.2. The summed E-state index contributed by atoms with van der Waals surface area (Å²) < 4.78 is 59.2. The summed E-state index contributed by atoms with van der Waals surface area (Å²) in [6.45, 7) is -0.627. The highest BCUT2D eigenvalue weighted by Gasteiger charge is 2.52. The molecule has 2 saturated heterocycles. The summed E-state index contributed by atoms with van der Waals surface area (Å²) in [7, 11) is -10.1. The molecule has 3 aromatic carbocycles. The molecule has 2 amide bonds. The number of ether oxygens (including phenoxy) is 3. The lowest BCUT2D eigenvalue weighted by Gasteiger charge is -2.28. The van der Waals surface area contributed by atoms with E-state index in [0.717, 1.165) is 20.9 Å². The molecule has 25 heteroatoms. The number of primary amides is 1. The van der Waals surface area contributed by atoms with Gasteiger partial charge in [0.15, 0.2) is 41.7 Å². The van der Waals surface area contributed by atoms with E-state index in [1.807, 2.05) is 42.5 Å². The number of pyridine rings is 1. The number of aliphatic hydroxyl groups excluding tert-OH is 3. The molecule has 0 saturated carbocycles. The highest BCUT2D eigenvalue weighted by atomic mass is 31.3. The van der Waals surface area contributed by atoms with Gasteiger partial charge in [-0.05, 0) is 40.6 Å². The number of imidazole rings is 1. The molecule has 0 bridgehead atoms. The normalized spacial score (nSPS) is 25.2. The van der Waals surface area contributed by atoms with Crippen LogP contribution in [0.2, 0.25) is 0 Å². The number of phosphoric acid groups is 2. The molecule has 2 aliphatic heterocycles. The number of hydrogen-bond donors (Lipinski definition) is 7. The third kappa shape index (κ3) is 9.52. The van der Waals surface area contributed by atoms with Gasteiger partial charge in [-0.2, -0.15) is 4.57 Å². The number of aliphatic hydroxyl groups is 3. The number of nitrogens with zero attached hydrogens (tertiary/aromatic N) is 5. The summed E-state index contributed by atoms with van der Waals surface area (Å²) >= 11 is 0. The second-order valence-corrected chi connectivity index (χ2v) is 17.5. The van der Waals surface area contributed by atoms with E-state index < -0.39 is 83.3 Å². The van der Waals surface area contributed by atoms with E-state index in [0.29, 0.717) is 23.6 Å². The Morgan fingerprint density at radius 2 is 1.72 bits per heavy atom. The lowest BCUT2D eigenvalue weighted by Crippen LogP contribution is -2.46. The van der Waals surface area contributed by atoms with Crippen molar-refractivity contribution in [1.82, 2.24) is 24.8 Å². The van der Waals surface area contributed by atoms with Crippen molar-refractivity contribution < 1.29 is 76.0 Å². The number of rotatable bonds is 16. The summed E-state index contributed by atoms with van der Waals surface area (Å²) in [6.07, 6.45) is -6.95. The first-order valence-electron chi connectivity index (χ1n) is 19.3. The number of carbonyl (C=O) groups is 2. The molecular formula is C39H40N8O15P2. The van der Waals surface area contributed by atoms with Crippen molar-refractivity contribution in [3.63, 3.8) is 0 Å². The fourth-order valence-corrected chi connectivity index (χ4v) is 9.41. The van der Waals surface area contributed by atoms with Crippen LogP contribution in [0.4, 0.5) is 5.82 Å². The molecule has 8 rings (SSSR count). The molecule has 336 valence electrons. The standard InChI is InChI=1S/C39H40N8O15P2/c1-57-25-12-5-9-22(15-25)36(52)45-28-30(48)27(18-58-63(53,54)62-64(55,56)61-39-32(50)31(49)38(60-39)46-14-6-11-24(17-46)33(40)51)59-37(28)47-20-44-29-34(42-19-43-35(29)47)41-16-23-10-4-8-21-7-2-3-13-26(21)23/h2-15,17,19-20,27-28,30-32,37-39,48-50H,16,18H2,1H3,(H5-,40,41,42,43,45,51,52,53,54,55,56)/t27-,28-,30-,31-,32+,37-,38-,39-/m1/s1. The van der Waals surface area contributed by atoms with E-state index in [-0.39, 0.29) is 16.8 Å². The molecule has 64 heavy (non-hydrogen) atoms. The van der Waals surface area contributed by atoms with Gasteiger partial charge in [0.2, 0.25) is 6.29 Å². The first kappa shape index (κ1) is 44.8. The van der Waals surface area contributed by atoms with Crippen molar-refractivity contribution in [2.75, 3.05) is 19.0 Å². The molecule has 0 spiro atoms. The van der Waals surface area contributed by atoms with E-state index in [9.17, 15) is 43.8 Å². The Morgan fingerprint density at radius 3 is 2.52 bits per heavy atom. The Hall–Kier alpha value is -5.78. The minimum atomic E-state index is -5.91. The Kier molecular flexibility index (Phi) is 12.9. The monoisotopic (exact) mass is 922 g/mol. The van der Waals surface area contributed by atoms with Gasteiger partial charge in [-0.1, -0.05) is 48.5 Å². The van der Waals surface area contributed by atoms with Crippen LogP contribution in [0.5, 0.6) is 5.75 Å². The lowest BCUT2D eigenvalue weighted by molar-refractivity contribution is -0.767. The van der Waals surface area contributed by atoms with Gasteiger partial charge in [0.25, 0.3) is 25.9 Å². The van der Waals surface area contributed by atoms with E-state index >= 15 is 0 Å². The second-order valence-electron chi connectivity index (χ2n) is 14.5. The zero-order chi connectivity index (χ0) is 45.3. The van der Waals surface area contributed by atoms with Crippen LogP contribution in [-0.4, -0.2) is 102 Å². The minimum absolute atomic E-state index is 0.0103. The molecule has 23 nitrogen and oxygen atoms in total. The Bertz CT molecular complexity index is 2800. The van der Waals surface area contributed by atoms with Crippen molar-refractivity contribution in [2.24, 2.45) is 5.73 Å². The molecule has 8 N–H and O–H groups in total. The third-order valence-electron chi connectivity index (χ3n) is 10.4. The number of phosphoric ester groups is 2. The zero-order valence-electron chi connectivity index (χ0n) is 33.3. The van der Waals surface area contributed by atoms with Crippen molar-refractivity contribution in [3.8, 4) is 5.75 Å². The molecule has 3 aromatic heterocycles. The average Bonchev–Trinajstić information content (AvgIpc) is 3.93. The van der Waals surface area contributed by atoms with Gasteiger partial charge in [-0.15, -0.1) is 0 Å². The van der Waals surface area contributed by atoms with Crippen LogP contribution in [0.3, 0.4) is 0 Å². The van der Waals surface area contributed by atoms with Crippen molar-refractivity contribution in [2.45, 2.75) is 55.7 Å². The van der Waals surface area contributed by atoms with Gasteiger partial charge < -0.3 is 50.9 Å². The summed E-state index contributed by atoms with van der Waals surface area (Å²) in [5, 5.41) is 40.8. The summed E-state index contributed by atoms with van der Waals surface area (Å²) in [6, 6.07) is 21.4. The van der Waals surface area contributed by atoms with Crippen LogP contribution >= 0.6 is 15.6 Å². The minimum Gasteiger partial charge on any atom is -0.756 e. The third-order valence-corrected chi connectivity index (χ3v) is 13.0. The number of benzene rings is 3. The lowest BCUT2D eigenvalue weighted by atomic mass is 10.0. The van der Waals surface area contributed by atoms with Crippen LogP contribution in [0.25, 0.3) is 21.9 Å². The van der Waals surface area contributed by atoms with Gasteiger partial charge in [0.05, 0.1) is 20.0 Å². The predicted molar refractivity (Wildman–Crippen MR) is 217 cm³/mol. The quantitative estimate of drug-likeness (QED) is 0.0525. The van der Waals surface area contributed by atoms with Crippen molar-refractivity contribution in [3.05, 3.63) is 121 Å². The summed E-state index contributed by atoms with van der Waals surface area (Å²) in [4.78, 5) is 61.9. The number of aromatic nitrogens is 5. The van der Waals surface area contributed by atoms with Crippen LogP contribution in [0.1, 0.15) is 38.7 Å². The Labute approximate surface area is 362 Å². The number of amides is 2. The van der Waals surface area contributed by atoms with Crippen molar-refractivity contribution in [1.29, 1.82) is 0 Å². The number of nitrogens with two attached hydrogens (primary N) is 1. The number of nitrogens with one attached hydrogen (secondary N) is 2. The topological polar surface area (TPSA) is 325 Å². The van der Waals surface area contributed by atoms with Gasteiger partial charge in [0, 0.05) is 18.2 Å². The molecule has 6 aromatic rings. The molecule has 0 radical (unpaired) electrons. The van der Waals surface area contributed by atoms with Crippen LogP contribution in [0, 0.1) is 0 Å². The zero-order valence-corrected chi connectivity index (χ0v) is 35.1. The van der Waals surface area contributed by atoms with Gasteiger partial charge >= 0.3 is 7.82 Å². The predicted octanol–water partition coefficient (Wildman–Crippen LogP) is 0.939. The molecule has 5 heterocycles. The summed E-state index contributed by atoms with van der Waals surface area (Å²) in [5.41, 5.74) is 6.92. The van der Waals surface area contributed by atoms with Gasteiger partial charge in [-0.25, -0.2) is 23.8 Å². The van der Waals surface area contributed by atoms with Crippen LogP contribution < -0.4 is 30.6 Å². The maximum atomic E-state index is 13.6. The number of methoxy groups -OCH3 is 1. The molecule has 2 fully saturated rings. The highest BCUT2D eigenvalue weighted by molar-refractivity contribution is 7.60. The SMILES string of the molecule is COc1cccc(C(=O)N[C@@H]2[C@H](O)[C@@H](COP(=O)(O)OP(=O)([O-])O[C@H]3O[C@@H]([n+]4cccc(C(N)=O)c4)[C@H](O)[C@@H]3O)O[C@H]2n2cnc3c(NCc4cccc5ccccc45)ncnc32)c1. The summed E-state index contributed by atoms with van der Waals surface area (Å²) in [5.74, 6) is -0.771. The highest BCUT2D eigenvalue weighted by Crippen LogP contribution is 2.59. The smallest absolute Gasteiger partial charge is 0.478 e. The van der Waals surface area contributed by atoms with E-state index in [1.54, 1.807) is 12.1 Å². The second kappa shape index (κ2) is 18.4. The number of carbonyl (C=O) groups excluding carboxylic acids is 2. The number of hydrogen-bond acceptors (Lipinski definition) is 18. The Morgan fingerprint density at radius 1 is 0.953 bits per heavy atom. The molecule has 2 unspecified atom stereocenters.